The largest absolute Gasteiger partial charge is 0.360 e. The van der Waals surface area contributed by atoms with Gasteiger partial charge in [-0.05, 0) is 30.3 Å². The SMILES string of the molecule is c1cncc(C2Nc3ccccc3-c3nc4ccccc4n32)c1. The molecule has 23 heavy (non-hydrogen) atoms. The van der Waals surface area contributed by atoms with E-state index >= 15 is 0 Å². The van der Waals surface area contributed by atoms with Crippen molar-refractivity contribution in [2.45, 2.75) is 6.17 Å². The Bertz CT molecular complexity index is 1000. The molecule has 0 radical (unpaired) electrons. The normalized spacial score (nSPS) is 15.7. The Kier molecular flexibility index (Phi) is 2.52. The zero-order chi connectivity index (χ0) is 15.2. The topological polar surface area (TPSA) is 42.7 Å². The van der Waals surface area contributed by atoms with Gasteiger partial charge in [-0.15, -0.1) is 0 Å². The lowest BCUT2D eigenvalue weighted by atomic mass is 10.1. The van der Waals surface area contributed by atoms with Crippen LogP contribution in [0.1, 0.15) is 11.7 Å². The van der Waals surface area contributed by atoms with E-state index in [1.165, 1.54) is 0 Å². The maximum atomic E-state index is 4.87. The number of fused-ring (bicyclic) bond motifs is 5. The van der Waals surface area contributed by atoms with Crippen molar-refractivity contribution in [3.05, 3.63) is 78.6 Å². The number of para-hydroxylation sites is 3. The van der Waals surface area contributed by atoms with Crippen LogP contribution in [-0.4, -0.2) is 14.5 Å². The standard InChI is InChI=1S/C19H14N4/c1-2-8-15-14(7-1)19-22-16-9-3-4-10-17(16)23(19)18(21-15)13-6-5-11-20-12-13/h1-12,18,21H. The molecule has 1 aliphatic rings. The zero-order valence-electron chi connectivity index (χ0n) is 12.3. The summed E-state index contributed by atoms with van der Waals surface area (Å²) >= 11 is 0. The van der Waals surface area contributed by atoms with Gasteiger partial charge in [0.1, 0.15) is 12.0 Å². The van der Waals surface area contributed by atoms with Crippen molar-refractivity contribution in [1.82, 2.24) is 14.5 Å². The summed E-state index contributed by atoms with van der Waals surface area (Å²) in [5.74, 6) is 0.995. The van der Waals surface area contributed by atoms with Gasteiger partial charge >= 0.3 is 0 Å². The van der Waals surface area contributed by atoms with Gasteiger partial charge in [-0.1, -0.05) is 30.3 Å². The van der Waals surface area contributed by atoms with Crippen LogP contribution in [0.25, 0.3) is 22.4 Å². The molecule has 1 unspecified atom stereocenters. The third kappa shape index (κ3) is 1.78. The van der Waals surface area contributed by atoms with E-state index < -0.39 is 0 Å². The molecular formula is C19H14N4. The van der Waals surface area contributed by atoms with E-state index in [1.807, 2.05) is 24.4 Å². The first-order valence-electron chi connectivity index (χ1n) is 7.65. The maximum absolute atomic E-state index is 4.87. The summed E-state index contributed by atoms with van der Waals surface area (Å²) < 4.78 is 2.26. The highest BCUT2D eigenvalue weighted by Gasteiger charge is 2.27. The summed E-state index contributed by atoms with van der Waals surface area (Å²) in [7, 11) is 0. The van der Waals surface area contributed by atoms with Gasteiger partial charge < -0.3 is 5.32 Å². The van der Waals surface area contributed by atoms with Crippen LogP contribution in [0.5, 0.6) is 0 Å². The lowest BCUT2D eigenvalue weighted by Crippen LogP contribution is -2.24. The number of aromatic nitrogens is 3. The van der Waals surface area contributed by atoms with E-state index in [-0.39, 0.29) is 6.17 Å². The fourth-order valence-corrected chi connectivity index (χ4v) is 3.28. The molecule has 0 saturated heterocycles. The van der Waals surface area contributed by atoms with E-state index in [0.29, 0.717) is 0 Å². The molecule has 0 bridgehead atoms. The van der Waals surface area contributed by atoms with Gasteiger partial charge in [-0.2, -0.15) is 0 Å². The average molecular weight is 298 g/mol. The highest BCUT2D eigenvalue weighted by molar-refractivity contribution is 5.86. The fourth-order valence-electron chi connectivity index (χ4n) is 3.28. The molecule has 0 spiro atoms. The second kappa shape index (κ2) is 4.68. The Balaban J connectivity index is 1.85. The van der Waals surface area contributed by atoms with Gasteiger partial charge in [0.25, 0.3) is 0 Å². The summed E-state index contributed by atoms with van der Waals surface area (Å²) in [4.78, 5) is 9.15. The van der Waals surface area contributed by atoms with Gasteiger partial charge in [0.15, 0.2) is 0 Å². The first-order valence-corrected chi connectivity index (χ1v) is 7.65. The van der Waals surface area contributed by atoms with Gasteiger partial charge in [0.2, 0.25) is 0 Å². The van der Waals surface area contributed by atoms with Crippen LogP contribution in [-0.2, 0) is 0 Å². The first-order chi connectivity index (χ1) is 11.4. The van der Waals surface area contributed by atoms with Gasteiger partial charge in [0.05, 0.1) is 11.0 Å². The number of nitrogens with one attached hydrogen (secondary N) is 1. The van der Waals surface area contributed by atoms with Crippen LogP contribution in [0.4, 0.5) is 5.69 Å². The molecule has 1 aliphatic heterocycles. The second-order valence-electron chi connectivity index (χ2n) is 5.67. The van der Waals surface area contributed by atoms with Crippen molar-refractivity contribution in [2.24, 2.45) is 0 Å². The molecule has 1 atom stereocenters. The molecule has 0 aliphatic carbocycles. The number of imidazole rings is 1. The van der Waals surface area contributed by atoms with E-state index in [9.17, 15) is 0 Å². The average Bonchev–Trinajstić information content (AvgIpc) is 3.02. The number of anilines is 1. The van der Waals surface area contributed by atoms with Crippen molar-refractivity contribution in [3.63, 3.8) is 0 Å². The highest BCUT2D eigenvalue weighted by atomic mass is 15.2. The quantitative estimate of drug-likeness (QED) is 0.576. The molecule has 4 nitrogen and oxygen atoms in total. The van der Waals surface area contributed by atoms with Crippen LogP contribution in [0.3, 0.4) is 0 Å². The lowest BCUT2D eigenvalue weighted by molar-refractivity contribution is 0.666. The third-order valence-electron chi connectivity index (χ3n) is 4.31. The number of benzene rings is 2. The summed E-state index contributed by atoms with van der Waals surface area (Å²) in [5.41, 5.74) is 5.48. The minimum Gasteiger partial charge on any atom is -0.360 e. The molecule has 4 aromatic rings. The Labute approximate surface area is 133 Å². The molecule has 1 N–H and O–H groups in total. The van der Waals surface area contributed by atoms with Gasteiger partial charge in [-0.25, -0.2) is 4.98 Å². The predicted octanol–water partition coefficient (Wildman–Crippen LogP) is 4.07. The van der Waals surface area contributed by atoms with Crippen LogP contribution >= 0.6 is 0 Å². The van der Waals surface area contributed by atoms with Crippen LogP contribution in [0.15, 0.2) is 73.1 Å². The van der Waals surface area contributed by atoms with Crippen molar-refractivity contribution in [1.29, 1.82) is 0 Å². The second-order valence-corrected chi connectivity index (χ2v) is 5.67. The molecular weight excluding hydrogens is 284 g/mol. The minimum atomic E-state index is -0.0130. The smallest absolute Gasteiger partial charge is 0.145 e. The summed E-state index contributed by atoms with van der Waals surface area (Å²) in [6, 6.07) is 20.6. The van der Waals surface area contributed by atoms with Crippen LogP contribution in [0.2, 0.25) is 0 Å². The molecule has 5 rings (SSSR count). The first kappa shape index (κ1) is 12.4. The Hall–Kier alpha value is -3.14. The Morgan fingerprint density at radius 3 is 2.70 bits per heavy atom. The highest BCUT2D eigenvalue weighted by Crippen LogP contribution is 2.40. The third-order valence-corrected chi connectivity index (χ3v) is 4.31. The number of nitrogens with zero attached hydrogens (tertiary/aromatic N) is 3. The maximum Gasteiger partial charge on any atom is 0.145 e. The Morgan fingerprint density at radius 1 is 0.913 bits per heavy atom. The van der Waals surface area contributed by atoms with E-state index in [2.05, 4.69) is 57.3 Å². The van der Waals surface area contributed by atoms with Crippen molar-refractivity contribution >= 4 is 16.7 Å². The predicted molar refractivity (Wildman–Crippen MR) is 91.2 cm³/mol. The van der Waals surface area contributed by atoms with Gasteiger partial charge in [0, 0.05) is 29.2 Å². The van der Waals surface area contributed by atoms with E-state index in [0.717, 1.165) is 33.7 Å². The molecule has 0 amide bonds. The summed E-state index contributed by atoms with van der Waals surface area (Å²) in [6.07, 6.45) is 3.69. The van der Waals surface area contributed by atoms with E-state index in [4.69, 9.17) is 4.98 Å². The Morgan fingerprint density at radius 2 is 1.78 bits per heavy atom. The van der Waals surface area contributed by atoms with Crippen LogP contribution < -0.4 is 5.32 Å². The van der Waals surface area contributed by atoms with E-state index in [1.54, 1.807) is 6.20 Å². The van der Waals surface area contributed by atoms with Crippen molar-refractivity contribution in [2.75, 3.05) is 5.32 Å². The number of pyridine rings is 1. The monoisotopic (exact) mass is 298 g/mol. The van der Waals surface area contributed by atoms with Crippen LogP contribution in [0, 0.1) is 0 Å². The fraction of sp³-hybridized carbons (Fsp3) is 0.0526. The number of hydrogen-bond donors (Lipinski definition) is 1. The minimum absolute atomic E-state index is 0.0130. The molecule has 0 fully saturated rings. The molecule has 4 heteroatoms. The number of hydrogen-bond acceptors (Lipinski definition) is 3. The molecule has 0 saturated carbocycles. The molecule has 3 heterocycles. The molecule has 2 aromatic heterocycles. The van der Waals surface area contributed by atoms with Crippen molar-refractivity contribution < 1.29 is 0 Å². The summed E-state index contributed by atoms with van der Waals surface area (Å²) in [6.45, 7) is 0. The van der Waals surface area contributed by atoms with Gasteiger partial charge in [-0.3, -0.25) is 9.55 Å². The molecule has 2 aromatic carbocycles. The zero-order valence-corrected chi connectivity index (χ0v) is 12.3. The molecule has 110 valence electrons. The number of rotatable bonds is 1. The lowest BCUT2D eigenvalue weighted by Gasteiger charge is -2.30. The van der Waals surface area contributed by atoms with Crippen molar-refractivity contribution in [3.8, 4) is 11.4 Å². The summed E-state index contributed by atoms with van der Waals surface area (Å²) in [5, 5.41) is 3.63.